The minimum absolute atomic E-state index is 0.272. The van der Waals surface area contributed by atoms with Crippen molar-refractivity contribution in [2.24, 2.45) is 7.05 Å². The number of H-pyrrole nitrogens is 2. The fourth-order valence-electron chi connectivity index (χ4n) is 4.02. The second-order valence-electron chi connectivity index (χ2n) is 7.75. The molecule has 2 N–H and O–H groups in total. The van der Waals surface area contributed by atoms with Crippen LogP contribution in [0.2, 0.25) is 0 Å². The summed E-state index contributed by atoms with van der Waals surface area (Å²) < 4.78 is 15.4. The number of aryl methyl sites for hydroxylation is 1. The zero-order chi connectivity index (χ0) is 21.8. The number of nitrogens with zero attached hydrogens (tertiary/aromatic N) is 5. The predicted octanol–water partition coefficient (Wildman–Crippen LogP) is 5.02. The van der Waals surface area contributed by atoms with Crippen molar-refractivity contribution < 1.29 is 4.39 Å². The molecule has 5 heterocycles. The minimum Gasteiger partial charge on any atom is -0.353 e. The van der Waals surface area contributed by atoms with Crippen molar-refractivity contribution in [1.82, 2.24) is 34.7 Å². The van der Waals surface area contributed by atoms with Gasteiger partial charge in [0.05, 0.1) is 40.7 Å². The van der Waals surface area contributed by atoms with Crippen LogP contribution in [0.25, 0.3) is 55.8 Å². The van der Waals surface area contributed by atoms with Crippen LogP contribution >= 0.6 is 0 Å². The molecule has 0 aliphatic heterocycles. The van der Waals surface area contributed by atoms with Crippen LogP contribution in [-0.2, 0) is 7.05 Å². The highest BCUT2D eigenvalue weighted by Gasteiger charge is 2.16. The van der Waals surface area contributed by atoms with Gasteiger partial charge >= 0.3 is 0 Å². The van der Waals surface area contributed by atoms with Crippen molar-refractivity contribution >= 4 is 21.8 Å². The van der Waals surface area contributed by atoms with Crippen LogP contribution in [-0.4, -0.2) is 34.7 Å². The lowest BCUT2D eigenvalue weighted by molar-refractivity contribution is 0.628. The molecule has 0 saturated heterocycles. The molecule has 32 heavy (non-hydrogen) atoms. The zero-order valence-electron chi connectivity index (χ0n) is 17.4. The van der Waals surface area contributed by atoms with Crippen molar-refractivity contribution in [3.63, 3.8) is 0 Å². The Balaban J connectivity index is 1.51. The SMILES string of the molecule is Cc1ncc(-c2cc3c(-c4cc5c(-c6ccc(F)cc6)nccc5[nH]4)n[nH]c3cn2)n1C. The predicted molar refractivity (Wildman–Crippen MR) is 121 cm³/mol. The van der Waals surface area contributed by atoms with Crippen molar-refractivity contribution in [2.45, 2.75) is 6.92 Å². The fourth-order valence-corrected chi connectivity index (χ4v) is 4.02. The highest BCUT2D eigenvalue weighted by Crippen LogP contribution is 2.33. The van der Waals surface area contributed by atoms with E-state index in [0.717, 1.165) is 61.7 Å². The number of imidazole rings is 1. The summed E-state index contributed by atoms with van der Waals surface area (Å²) in [7, 11) is 1.97. The molecule has 1 aromatic carbocycles. The summed E-state index contributed by atoms with van der Waals surface area (Å²) in [6.45, 7) is 1.96. The van der Waals surface area contributed by atoms with Gasteiger partial charge in [0.15, 0.2) is 0 Å². The molecular formula is C24H18FN7. The Bertz CT molecular complexity index is 1610. The fraction of sp³-hybridized carbons (Fsp3) is 0.0833. The van der Waals surface area contributed by atoms with E-state index in [0.29, 0.717) is 0 Å². The molecule has 0 saturated carbocycles. The number of halogens is 1. The number of hydrogen-bond donors (Lipinski definition) is 2. The highest BCUT2D eigenvalue weighted by molar-refractivity contribution is 6.00. The first-order valence-corrected chi connectivity index (χ1v) is 10.2. The van der Waals surface area contributed by atoms with E-state index in [2.05, 4.69) is 30.1 Å². The zero-order valence-corrected chi connectivity index (χ0v) is 17.4. The van der Waals surface area contributed by atoms with Crippen molar-refractivity contribution in [3.8, 4) is 34.0 Å². The molecule has 0 spiro atoms. The van der Waals surface area contributed by atoms with Gasteiger partial charge in [-0.2, -0.15) is 5.10 Å². The van der Waals surface area contributed by atoms with Crippen LogP contribution < -0.4 is 0 Å². The number of aromatic amines is 2. The molecule has 0 unspecified atom stereocenters. The average Bonchev–Trinajstić information content (AvgIpc) is 3.50. The molecule has 0 aliphatic rings. The normalized spacial score (nSPS) is 11.6. The molecule has 156 valence electrons. The first-order valence-electron chi connectivity index (χ1n) is 10.2. The molecule has 0 aliphatic carbocycles. The second-order valence-corrected chi connectivity index (χ2v) is 7.75. The lowest BCUT2D eigenvalue weighted by Crippen LogP contribution is -1.95. The third-order valence-corrected chi connectivity index (χ3v) is 5.85. The third-order valence-electron chi connectivity index (χ3n) is 5.85. The summed E-state index contributed by atoms with van der Waals surface area (Å²) in [4.78, 5) is 16.9. The maximum atomic E-state index is 13.4. The summed E-state index contributed by atoms with van der Waals surface area (Å²) in [5, 5.41) is 9.52. The lowest BCUT2D eigenvalue weighted by Gasteiger charge is -2.03. The van der Waals surface area contributed by atoms with Crippen LogP contribution in [0, 0.1) is 12.7 Å². The van der Waals surface area contributed by atoms with Gasteiger partial charge in [-0.1, -0.05) is 0 Å². The summed E-state index contributed by atoms with van der Waals surface area (Å²) in [5.74, 6) is 0.650. The van der Waals surface area contributed by atoms with E-state index in [4.69, 9.17) is 0 Å². The van der Waals surface area contributed by atoms with E-state index in [1.165, 1.54) is 12.1 Å². The Morgan fingerprint density at radius 1 is 0.875 bits per heavy atom. The number of hydrogen-bond acceptors (Lipinski definition) is 4. The average molecular weight is 423 g/mol. The Labute approximate surface area is 182 Å². The summed E-state index contributed by atoms with van der Waals surface area (Å²) >= 11 is 0. The molecule has 0 atom stereocenters. The summed E-state index contributed by atoms with van der Waals surface area (Å²) in [6.07, 6.45) is 5.36. The van der Waals surface area contributed by atoms with Crippen molar-refractivity contribution in [1.29, 1.82) is 0 Å². The molecule has 6 aromatic rings. The number of benzene rings is 1. The van der Waals surface area contributed by atoms with Crippen LogP contribution in [0.3, 0.4) is 0 Å². The summed E-state index contributed by atoms with van der Waals surface area (Å²) in [6, 6.07) is 12.3. The van der Waals surface area contributed by atoms with E-state index in [-0.39, 0.29) is 5.82 Å². The molecule has 8 heteroatoms. The van der Waals surface area contributed by atoms with Gasteiger partial charge in [0.2, 0.25) is 0 Å². The number of fused-ring (bicyclic) bond motifs is 2. The lowest BCUT2D eigenvalue weighted by atomic mass is 10.1. The molecule has 5 aromatic heterocycles. The molecular weight excluding hydrogens is 405 g/mol. The van der Waals surface area contributed by atoms with Gasteiger partial charge in [-0.25, -0.2) is 9.37 Å². The topological polar surface area (TPSA) is 88.1 Å². The molecule has 0 fully saturated rings. The first-order chi connectivity index (χ1) is 15.6. The van der Waals surface area contributed by atoms with Gasteiger partial charge in [-0.15, -0.1) is 0 Å². The van der Waals surface area contributed by atoms with E-state index >= 15 is 0 Å². The number of rotatable bonds is 3. The number of nitrogens with one attached hydrogen (secondary N) is 2. The van der Waals surface area contributed by atoms with E-state index < -0.39 is 0 Å². The Morgan fingerprint density at radius 2 is 1.69 bits per heavy atom. The van der Waals surface area contributed by atoms with Gasteiger partial charge in [-0.3, -0.25) is 15.1 Å². The minimum atomic E-state index is -0.272. The molecule has 7 nitrogen and oxygen atoms in total. The summed E-state index contributed by atoms with van der Waals surface area (Å²) in [5.41, 5.74) is 6.85. The smallest absolute Gasteiger partial charge is 0.123 e. The standard InChI is InChI=1S/C24H18FN7/c1-13-27-12-22(32(13)2)19-9-17-21(11-28-19)30-31-24(17)20-10-16-18(29-20)7-8-26-23(16)14-3-5-15(25)6-4-14/h3-12,29H,1-2H3,(H,30,31). The molecule has 0 bridgehead atoms. The van der Waals surface area contributed by atoms with Gasteiger partial charge < -0.3 is 9.55 Å². The van der Waals surface area contributed by atoms with Crippen LogP contribution in [0.1, 0.15) is 5.82 Å². The third kappa shape index (κ3) is 2.80. The number of aromatic nitrogens is 7. The van der Waals surface area contributed by atoms with E-state index in [1.807, 2.05) is 42.9 Å². The van der Waals surface area contributed by atoms with Crippen LogP contribution in [0.5, 0.6) is 0 Å². The largest absolute Gasteiger partial charge is 0.353 e. The molecule has 0 radical (unpaired) electrons. The van der Waals surface area contributed by atoms with Crippen LogP contribution in [0.15, 0.2) is 61.1 Å². The van der Waals surface area contributed by atoms with Crippen LogP contribution in [0.4, 0.5) is 4.39 Å². The first kappa shape index (κ1) is 18.4. The second kappa shape index (κ2) is 6.84. The Kier molecular flexibility index (Phi) is 3.94. The number of pyridine rings is 2. The van der Waals surface area contributed by atoms with E-state index in [9.17, 15) is 4.39 Å². The maximum absolute atomic E-state index is 13.4. The van der Waals surface area contributed by atoms with Gasteiger partial charge in [-0.05, 0) is 49.4 Å². The molecule has 6 rings (SSSR count). The van der Waals surface area contributed by atoms with Gasteiger partial charge in [0.25, 0.3) is 0 Å². The maximum Gasteiger partial charge on any atom is 0.123 e. The van der Waals surface area contributed by atoms with Crippen molar-refractivity contribution in [2.75, 3.05) is 0 Å². The Morgan fingerprint density at radius 3 is 2.47 bits per heavy atom. The monoisotopic (exact) mass is 423 g/mol. The van der Waals surface area contributed by atoms with Crippen molar-refractivity contribution in [3.05, 3.63) is 72.7 Å². The molecule has 0 amide bonds. The van der Waals surface area contributed by atoms with Gasteiger partial charge in [0, 0.05) is 35.1 Å². The van der Waals surface area contributed by atoms with Gasteiger partial charge in [0.1, 0.15) is 17.3 Å². The highest BCUT2D eigenvalue weighted by atomic mass is 19.1. The van der Waals surface area contributed by atoms with E-state index in [1.54, 1.807) is 24.5 Å². The quantitative estimate of drug-likeness (QED) is 0.419. The Hall–Kier alpha value is -4.33.